The number of carbonyl (C=O) groups is 1. The molecule has 1 aliphatic heterocycles. The van der Waals surface area contributed by atoms with Crippen LogP contribution in [0.15, 0.2) is 48.8 Å². The summed E-state index contributed by atoms with van der Waals surface area (Å²) in [6, 6.07) is 11.2. The number of carbonyl (C=O) groups excluding carboxylic acids is 1. The second-order valence-corrected chi connectivity index (χ2v) is 7.49. The number of amides is 1. The number of rotatable bonds is 9. The maximum Gasteiger partial charge on any atom is 0.269 e. The van der Waals surface area contributed by atoms with Crippen molar-refractivity contribution in [2.24, 2.45) is 0 Å². The molecule has 168 valence electrons. The van der Waals surface area contributed by atoms with E-state index in [4.69, 9.17) is 19.3 Å². The van der Waals surface area contributed by atoms with E-state index in [0.29, 0.717) is 24.4 Å². The topological polar surface area (TPSA) is 103 Å². The number of nitrogens with one attached hydrogen (secondary N) is 1. The maximum atomic E-state index is 12.2. The van der Waals surface area contributed by atoms with Gasteiger partial charge in [0, 0.05) is 43.1 Å². The monoisotopic (exact) mass is 437 g/mol. The van der Waals surface area contributed by atoms with Crippen LogP contribution in [0, 0.1) is 0 Å². The number of benzene rings is 1. The molecule has 1 aromatic carbocycles. The second-order valence-electron chi connectivity index (χ2n) is 7.49. The van der Waals surface area contributed by atoms with Crippen LogP contribution in [0.3, 0.4) is 0 Å². The lowest BCUT2D eigenvalue weighted by atomic mass is 10.0. The first kappa shape index (κ1) is 22.1. The van der Waals surface area contributed by atoms with Crippen LogP contribution in [0.1, 0.15) is 23.3 Å². The van der Waals surface area contributed by atoms with Crippen LogP contribution in [0.4, 0.5) is 0 Å². The Labute approximate surface area is 186 Å². The number of aliphatic hydroxyl groups is 1. The summed E-state index contributed by atoms with van der Waals surface area (Å²) in [6.45, 7) is 2.62. The molecule has 1 saturated heterocycles. The molecule has 1 fully saturated rings. The molecule has 1 amide bonds. The first-order valence-electron chi connectivity index (χ1n) is 10.8. The van der Waals surface area contributed by atoms with Crippen LogP contribution in [0.5, 0.6) is 5.75 Å². The van der Waals surface area contributed by atoms with Gasteiger partial charge in [0.2, 0.25) is 0 Å². The van der Waals surface area contributed by atoms with Gasteiger partial charge in [0.1, 0.15) is 18.1 Å². The Morgan fingerprint density at radius 2 is 1.91 bits per heavy atom. The minimum atomic E-state index is -0.324. The van der Waals surface area contributed by atoms with Crippen LogP contribution in [-0.2, 0) is 9.47 Å². The average Bonchev–Trinajstić information content (AvgIpc) is 2.85. The van der Waals surface area contributed by atoms with Gasteiger partial charge in [0.25, 0.3) is 5.91 Å². The third-order valence-electron chi connectivity index (χ3n) is 5.27. The summed E-state index contributed by atoms with van der Waals surface area (Å²) >= 11 is 0. The number of hydrogen-bond acceptors (Lipinski definition) is 7. The molecule has 0 aliphatic carbocycles. The summed E-state index contributed by atoms with van der Waals surface area (Å²) in [5.41, 5.74) is 2.74. The van der Waals surface area contributed by atoms with E-state index in [2.05, 4.69) is 15.3 Å². The smallest absolute Gasteiger partial charge is 0.269 e. The zero-order chi connectivity index (χ0) is 22.2. The number of aromatic nitrogens is 2. The standard InChI is InChI=1S/C24H27N3O5/c28-10-9-26-24(29)22-6-3-18-15-25-16-21(23(18)27-22)17-1-4-19(5-2-17)31-13-14-32-20-7-11-30-12-8-20/h1-6,15-16,20,28H,7-14H2,(H,26,29). The van der Waals surface area contributed by atoms with E-state index in [9.17, 15) is 4.79 Å². The van der Waals surface area contributed by atoms with E-state index < -0.39 is 0 Å². The van der Waals surface area contributed by atoms with Gasteiger partial charge in [-0.05, 0) is 42.7 Å². The van der Waals surface area contributed by atoms with Gasteiger partial charge in [-0.2, -0.15) is 0 Å². The molecule has 1 aliphatic rings. The largest absolute Gasteiger partial charge is 0.491 e. The fraction of sp³-hybridized carbons (Fsp3) is 0.375. The maximum absolute atomic E-state index is 12.2. The summed E-state index contributed by atoms with van der Waals surface area (Å²) in [6.07, 6.45) is 5.59. The van der Waals surface area contributed by atoms with Gasteiger partial charge in [0.15, 0.2) is 0 Å². The highest BCUT2D eigenvalue weighted by Crippen LogP contribution is 2.28. The van der Waals surface area contributed by atoms with Crippen molar-refractivity contribution in [3.8, 4) is 16.9 Å². The van der Waals surface area contributed by atoms with Gasteiger partial charge in [-0.25, -0.2) is 4.98 Å². The minimum absolute atomic E-state index is 0.120. The van der Waals surface area contributed by atoms with Gasteiger partial charge in [0.05, 0.1) is 24.8 Å². The molecule has 8 nitrogen and oxygen atoms in total. The lowest BCUT2D eigenvalue weighted by Gasteiger charge is -2.22. The normalized spacial score (nSPS) is 14.4. The zero-order valence-corrected chi connectivity index (χ0v) is 17.8. The Morgan fingerprint density at radius 1 is 1.09 bits per heavy atom. The number of pyridine rings is 2. The van der Waals surface area contributed by atoms with Crippen LogP contribution in [-0.4, -0.2) is 66.7 Å². The van der Waals surface area contributed by atoms with Crippen LogP contribution in [0.2, 0.25) is 0 Å². The summed E-state index contributed by atoms with van der Waals surface area (Å²) in [4.78, 5) is 21.1. The molecular formula is C24H27N3O5. The number of fused-ring (bicyclic) bond motifs is 1. The fourth-order valence-corrected chi connectivity index (χ4v) is 3.59. The number of hydrogen-bond donors (Lipinski definition) is 2. The Hall–Kier alpha value is -3.07. The minimum Gasteiger partial charge on any atom is -0.491 e. The molecule has 0 bridgehead atoms. The van der Waals surface area contributed by atoms with E-state index in [1.807, 2.05) is 30.3 Å². The first-order chi connectivity index (χ1) is 15.7. The molecule has 4 rings (SSSR count). The highest BCUT2D eigenvalue weighted by atomic mass is 16.5. The first-order valence-corrected chi connectivity index (χ1v) is 10.8. The van der Waals surface area contributed by atoms with E-state index in [-0.39, 0.29) is 25.2 Å². The number of ether oxygens (including phenoxy) is 3. The van der Waals surface area contributed by atoms with Crippen molar-refractivity contribution in [3.63, 3.8) is 0 Å². The van der Waals surface area contributed by atoms with Gasteiger partial charge in [-0.3, -0.25) is 9.78 Å². The Morgan fingerprint density at radius 3 is 2.69 bits per heavy atom. The van der Waals surface area contributed by atoms with Crippen molar-refractivity contribution in [1.29, 1.82) is 0 Å². The van der Waals surface area contributed by atoms with Gasteiger partial charge >= 0.3 is 0 Å². The van der Waals surface area contributed by atoms with Crippen molar-refractivity contribution in [2.75, 3.05) is 39.6 Å². The van der Waals surface area contributed by atoms with Gasteiger partial charge in [-0.1, -0.05) is 12.1 Å². The second kappa shape index (κ2) is 11.0. The molecule has 3 heterocycles. The molecule has 3 aromatic rings. The lowest BCUT2D eigenvalue weighted by molar-refractivity contribution is -0.0388. The molecule has 0 spiro atoms. The van der Waals surface area contributed by atoms with E-state index in [0.717, 1.165) is 48.3 Å². The molecular weight excluding hydrogens is 410 g/mol. The molecule has 0 unspecified atom stereocenters. The lowest BCUT2D eigenvalue weighted by Crippen LogP contribution is -2.27. The summed E-state index contributed by atoms with van der Waals surface area (Å²) in [5.74, 6) is 0.435. The zero-order valence-electron chi connectivity index (χ0n) is 17.8. The van der Waals surface area contributed by atoms with Crippen molar-refractivity contribution in [2.45, 2.75) is 18.9 Å². The third-order valence-corrected chi connectivity index (χ3v) is 5.27. The van der Waals surface area contributed by atoms with Gasteiger partial charge < -0.3 is 24.6 Å². The van der Waals surface area contributed by atoms with Crippen molar-refractivity contribution in [1.82, 2.24) is 15.3 Å². The van der Waals surface area contributed by atoms with Crippen molar-refractivity contribution >= 4 is 16.8 Å². The molecule has 32 heavy (non-hydrogen) atoms. The van der Waals surface area contributed by atoms with Crippen molar-refractivity contribution < 1.29 is 24.1 Å². The Bertz CT molecular complexity index is 1040. The number of aliphatic hydroxyl groups excluding tert-OH is 1. The predicted molar refractivity (Wildman–Crippen MR) is 120 cm³/mol. The predicted octanol–water partition coefficient (Wildman–Crippen LogP) is 2.59. The molecule has 0 radical (unpaired) electrons. The highest BCUT2D eigenvalue weighted by Gasteiger charge is 2.14. The van der Waals surface area contributed by atoms with E-state index >= 15 is 0 Å². The third kappa shape index (κ3) is 5.59. The summed E-state index contributed by atoms with van der Waals surface area (Å²) in [7, 11) is 0. The van der Waals surface area contributed by atoms with E-state index in [1.54, 1.807) is 18.5 Å². The van der Waals surface area contributed by atoms with Gasteiger partial charge in [-0.15, -0.1) is 0 Å². The van der Waals surface area contributed by atoms with Crippen molar-refractivity contribution in [3.05, 3.63) is 54.5 Å². The van der Waals surface area contributed by atoms with E-state index in [1.165, 1.54) is 0 Å². The Kier molecular flexibility index (Phi) is 7.60. The van der Waals surface area contributed by atoms with Crippen LogP contribution < -0.4 is 10.1 Å². The molecule has 0 saturated carbocycles. The van der Waals surface area contributed by atoms with Crippen LogP contribution >= 0.6 is 0 Å². The Balaban J connectivity index is 1.42. The SMILES string of the molecule is O=C(NCCO)c1ccc2cncc(-c3ccc(OCCOC4CCOCC4)cc3)c2n1. The highest BCUT2D eigenvalue weighted by molar-refractivity contribution is 5.98. The molecule has 2 N–H and O–H groups in total. The molecule has 2 aromatic heterocycles. The van der Waals surface area contributed by atoms with Crippen LogP contribution in [0.25, 0.3) is 22.0 Å². The quantitative estimate of drug-likeness (QED) is 0.496. The average molecular weight is 437 g/mol. The number of nitrogens with zero attached hydrogens (tertiary/aromatic N) is 2. The summed E-state index contributed by atoms with van der Waals surface area (Å²) < 4.78 is 17.0. The molecule has 8 heteroatoms. The molecule has 0 atom stereocenters. The summed E-state index contributed by atoms with van der Waals surface area (Å²) in [5, 5.41) is 12.4. The fourth-order valence-electron chi connectivity index (χ4n) is 3.59.